The van der Waals surface area contributed by atoms with Gasteiger partial charge in [-0.2, -0.15) is 0 Å². The van der Waals surface area contributed by atoms with Crippen LogP contribution in [0.25, 0.3) is 58.8 Å². The first-order valence-corrected chi connectivity index (χ1v) is 17.0. The van der Waals surface area contributed by atoms with E-state index in [0.717, 1.165) is 32.8 Å². The number of para-hydroxylation sites is 3. The molecule has 9 aromatic rings. The van der Waals surface area contributed by atoms with Gasteiger partial charge in [0.25, 0.3) is 0 Å². The quantitative estimate of drug-likeness (QED) is 0.177. The van der Waals surface area contributed by atoms with E-state index in [-0.39, 0.29) is 0 Å². The van der Waals surface area contributed by atoms with Crippen LogP contribution in [0.2, 0.25) is 0 Å². The number of rotatable bonds is 5. The van der Waals surface area contributed by atoms with Gasteiger partial charge < -0.3 is 9.47 Å². The van der Waals surface area contributed by atoms with Crippen molar-refractivity contribution in [1.82, 2.24) is 4.57 Å². The van der Waals surface area contributed by atoms with Crippen molar-refractivity contribution in [2.24, 2.45) is 0 Å². The number of hydrogen-bond acceptors (Lipinski definition) is 2. The van der Waals surface area contributed by atoms with Crippen LogP contribution in [0.4, 0.5) is 17.1 Å². The number of thiophene rings is 1. The van der Waals surface area contributed by atoms with Crippen LogP contribution in [0.1, 0.15) is 0 Å². The van der Waals surface area contributed by atoms with Gasteiger partial charge in [-0.25, -0.2) is 0 Å². The molecule has 2 nitrogen and oxygen atoms in total. The Morgan fingerprint density at radius 3 is 1.76 bits per heavy atom. The molecule has 0 fully saturated rings. The molecule has 0 aliphatic heterocycles. The lowest BCUT2D eigenvalue weighted by molar-refractivity contribution is 1.18. The van der Waals surface area contributed by atoms with Crippen LogP contribution in [-0.2, 0) is 0 Å². The van der Waals surface area contributed by atoms with E-state index in [4.69, 9.17) is 0 Å². The molecule has 7 aromatic carbocycles. The van der Waals surface area contributed by atoms with Crippen LogP contribution in [0.3, 0.4) is 0 Å². The van der Waals surface area contributed by atoms with Gasteiger partial charge in [0.1, 0.15) is 0 Å². The fourth-order valence-electron chi connectivity index (χ4n) is 6.75. The van der Waals surface area contributed by atoms with E-state index in [1.54, 1.807) is 0 Å². The maximum absolute atomic E-state index is 3.84. The van der Waals surface area contributed by atoms with Crippen molar-refractivity contribution in [3.63, 3.8) is 0 Å². The molecule has 0 radical (unpaired) electrons. The number of halogens is 1. The maximum Gasteiger partial charge on any atom is 0.0541 e. The van der Waals surface area contributed by atoms with Crippen LogP contribution < -0.4 is 4.90 Å². The molecule has 0 amide bonds. The Labute approximate surface area is 279 Å². The van der Waals surface area contributed by atoms with E-state index in [1.807, 2.05) is 11.3 Å². The first-order valence-electron chi connectivity index (χ1n) is 15.4. The molecule has 4 heteroatoms. The van der Waals surface area contributed by atoms with E-state index in [2.05, 4.69) is 189 Å². The summed E-state index contributed by atoms with van der Waals surface area (Å²) in [4.78, 5) is 2.35. The molecule has 46 heavy (non-hydrogen) atoms. The molecule has 0 bridgehead atoms. The van der Waals surface area contributed by atoms with Crippen LogP contribution in [0.15, 0.2) is 168 Å². The average molecular weight is 672 g/mol. The van der Waals surface area contributed by atoms with E-state index < -0.39 is 0 Å². The van der Waals surface area contributed by atoms with Crippen molar-refractivity contribution < 1.29 is 0 Å². The molecule has 0 spiro atoms. The van der Waals surface area contributed by atoms with Gasteiger partial charge in [0.05, 0.1) is 11.0 Å². The monoisotopic (exact) mass is 670 g/mol. The normalized spacial score (nSPS) is 11.6. The van der Waals surface area contributed by atoms with Crippen molar-refractivity contribution in [1.29, 1.82) is 0 Å². The van der Waals surface area contributed by atoms with Crippen molar-refractivity contribution >= 4 is 86.3 Å². The molecular formula is C42H27BrN2S. The summed E-state index contributed by atoms with van der Waals surface area (Å²) in [5, 5.41) is 5.13. The minimum Gasteiger partial charge on any atom is -0.310 e. The lowest BCUT2D eigenvalue weighted by Crippen LogP contribution is -2.09. The van der Waals surface area contributed by atoms with E-state index in [0.29, 0.717) is 0 Å². The van der Waals surface area contributed by atoms with E-state index in [9.17, 15) is 0 Å². The highest BCUT2D eigenvalue weighted by atomic mass is 79.9. The van der Waals surface area contributed by atoms with Crippen molar-refractivity contribution in [2.75, 3.05) is 4.90 Å². The summed E-state index contributed by atoms with van der Waals surface area (Å²) in [5.74, 6) is 0. The molecule has 0 saturated carbocycles. The number of benzene rings is 7. The first-order chi connectivity index (χ1) is 22.7. The summed E-state index contributed by atoms with van der Waals surface area (Å²) in [6, 6.07) is 59.1. The molecule has 0 unspecified atom stereocenters. The predicted molar refractivity (Wildman–Crippen MR) is 201 cm³/mol. The predicted octanol–water partition coefficient (Wildman–Crippen LogP) is 13.1. The fourth-order valence-corrected chi connectivity index (χ4v) is 8.32. The maximum atomic E-state index is 3.84. The summed E-state index contributed by atoms with van der Waals surface area (Å²) in [7, 11) is 0. The summed E-state index contributed by atoms with van der Waals surface area (Å²) < 4.78 is 6.05. The topological polar surface area (TPSA) is 8.17 Å². The van der Waals surface area contributed by atoms with Crippen LogP contribution in [-0.4, -0.2) is 4.57 Å². The number of nitrogens with zero attached hydrogens (tertiary/aromatic N) is 2. The van der Waals surface area contributed by atoms with Crippen LogP contribution in [0.5, 0.6) is 0 Å². The lowest BCUT2D eigenvalue weighted by Gasteiger charge is -2.26. The fraction of sp³-hybridized carbons (Fsp3) is 0. The molecule has 0 N–H and O–H groups in total. The average Bonchev–Trinajstić information content (AvgIpc) is 3.65. The molecule has 0 aliphatic carbocycles. The third kappa shape index (κ3) is 4.53. The molecule has 2 aromatic heterocycles. The Bertz CT molecular complexity index is 2490. The molecular weight excluding hydrogens is 644 g/mol. The van der Waals surface area contributed by atoms with Crippen molar-refractivity contribution in [2.45, 2.75) is 0 Å². The Kier molecular flexibility index (Phi) is 6.51. The highest BCUT2D eigenvalue weighted by Gasteiger charge is 2.16. The molecule has 0 aliphatic rings. The van der Waals surface area contributed by atoms with Gasteiger partial charge >= 0.3 is 0 Å². The molecule has 0 saturated heterocycles. The Morgan fingerprint density at radius 2 is 1.02 bits per heavy atom. The standard InChI is InChI=1S/C42H27BrN2S/c43-30-24-29(25-34(26-30)45-39-15-7-4-12-35(39)36-13-5-8-16-40(36)45)28-18-20-32(21-19-28)44(31-10-2-1-3-11-31)33-22-23-42-38(27-33)37-14-6-9-17-41(37)46-42/h1-27H. The molecule has 218 valence electrons. The zero-order valence-electron chi connectivity index (χ0n) is 24.8. The molecule has 2 heterocycles. The Hall–Kier alpha value is -5.16. The summed E-state index contributed by atoms with van der Waals surface area (Å²) in [6.45, 7) is 0. The highest BCUT2D eigenvalue weighted by molar-refractivity contribution is 9.10. The van der Waals surface area contributed by atoms with Gasteiger partial charge in [0.2, 0.25) is 0 Å². The van der Waals surface area contributed by atoms with Crippen molar-refractivity contribution in [3.05, 3.63) is 168 Å². The number of aromatic nitrogens is 1. The second-order valence-electron chi connectivity index (χ2n) is 11.6. The van der Waals surface area contributed by atoms with Crippen LogP contribution >= 0.6 is 27.3 Å². The van der Waals surface area contributed by atoms with Gasteiger partial charge in [0.15, 0.2) is 0 Å². The number of hydrogen-bond donors (Lipinski definition) is 0. The smallest absolute Gasteiger partial charge is 0.0541 e. The van der Waals surface area contributed by atoms with Gasteiger partial charge in [-0.3, -0.25) is 0 Å². The largest absolute Gasteiger partial charge is 0.310 e. The lowest BCUT2D eigenvalue weighted by atomic mass is 10.0. The van der Waals surface area contributed by atoms with Gasteiger partial charge in [0, 0.05) is 58.2 Å². The third-order valence-electron chi connectivity index (χ3n) is 8.81. The number of fused-ring (bicyclic) bond motifs is 6. The van der Waals surface area contributed by atoms with E-state index >= 15 is 0 Å². The minimum absolute atomic E-state index is 1.05. The number of anilines is 3. The first kappa shape index (κ1) is 27.2. The molecule has 9 rings (SSSR count). The Morgan fingerprint density at radius 1 is 0.435 bits per heavy atom. The third-order valence-corrected chi connectivity index (χ3v) is 10.4. The second kappa shape index (κ2) is 11.0. The Balaban J connectivity index is 1.15. The summed E-state index contributed by atoms with van der Waals surface area (Å²) >= 11 is 5.69. The second-order valence-corrected chi connectivity index (χ2v) is 13.6. The van der Waals surface area contributed by atoms with Crippen LogP contribution in [0, 0.1) is 0 Å². The molecule has 0 atom stereocenters. The summed E-state index contributed by atoms with van der Waals surface area (Å²) in [5.41, 5.74) is 9.26. The summed E-state index contributed by atoms with van der Waals surface area (Å²) in [6.07, 6.45) is 0. The van der Waals surface area contributed by atoms with Crippen molar-refractivity contribution in [3.8, 4) is 16.8 Å². The zero-order chi connectivity index (χ0) is 30.6. The highest BCUT2D eigenvalue weighted by Crippen LogP contribution is 2.41. The minimum atomic E-state index is 1.05. The SMILES string of the molecule is Brc1cc(-c2ccc(N(c3ccccc3)c3ccc4sc5ccccc5c4c3)cc2)cc(-n2c3ccccc3c3ccccc32)c1. The van der Waals surface area contributed by atoms with Gasteiger partial charge in [-0.1, -0.05) is 101 Å². The van der Waals surface area contributed by atoms with E-state index in [1.165, 1.54) is 47.5 Å². The van der Waals surface area contributed by atoms with Gasteiger partial charge in [-0.05, 0) is 90.0 Å². The van der Waals surface area contributed by atoms with Gasteiger partial charge in [-0.15, -0.1) is 11.3 Å². The zero-order valence-corrected chi connectivity index (χ0v) is 27.2.